The average molecular weight is 542 g/mol. The molecule has 2 heterocycles. The standard InChI is InChI=1S/C22H23F2N5O3S.C5H6/c1-4-8-29(19(30)5-2)13-6-7-14(21(31)27-22-28-26-12-33-22)15(9-13)16-10-17(20(23)24)25-11-18(16)32-3;1-2-5-3-4-5/h6-7,9-12,20H,4-5,8H2,1-3H3,(H,27,28,31);1,5H,3-4H2. The number of carbonyl (C=O) groups excluding carboxylic acids is 2. The molecule has 1 aliphatic carbocycles. The van der Waals surface area contributed by atoms with Gasteiger partial charge in [0.05, 0.1) is 13.3 Å². The second-order valence-corrected chi connectivity index (χ2v) is 9.21. The Labute approximate surface area is 224 Å². The molecule has 200 valence electrons. The molecule has 1 fully saturated rings. The fourth-order valence-corrected chi connectivity index (χ4v) is 3.97. The molecular weight excluding hydrogens is 512 g/mol. The van der Waals surface area contributed by atoms with Crippen LogP contribution < -0.4 is 15.0 Å². The topological polar surface area (TPSA) is 97.3 Å². The van der Waals surface area contributed by atoms with E-state index in [1.54, 1.807) is 30.0 Å². The first-order valence-corrected chi connectivity index (χ1v) is 13.0. The second kappa shape index (κ2) is 13.6. The van der Waals surface area contributed by atoms with Gasteiger partial charge in [0.2, 0.25) is 11.0 Å². The number of hydrogen-bond acceptors (Lipinski definition) is 7. The average Bonchev–Trinajstić information content (AvgIpc) is 3.65. The van der Waals surface area contributed by atoms with Crippen LogP contribution >= 0.6 is 11.3 Å². The molecule has 0 bridgehead atoms. The van der Waals surface area contributed by atoms with Crippen LogP contribution in [0.4, 0.5) is 19.6 Å². The number of benzene rings is 1. The number of ether oxygens (including phenoxy) is 1. The smallest absolute Gasteiger partial charge is 0.280 e. The molecule has 0 atom stereocenters. The van der Waals surface area contributed by atoms with Gasteiger partial charge in [-0.25, -0.2) is 8.78 Å². The number of methoxy groups -OCH3 is 1. The Kier molecular flexibility index (Phi) is 10.2. The summed E-state index contributed by atoms with van der Waals surface area (Å²) in [5.74, 6) is 2.92. The molecule has 0 aliphatic heterocycles. The van der Waals surface area contributed by atoms with Crippen LogP contribution in [0.2, 0.25) is 0 Å². The summed E-state index contributed by atoms with van der Waals surface area (Å²) in [4.78, 5) is 31.0. The molecule has 4 rings (SSSR count). The van der Waals surface area contributed by atoms with Crippen molar-refractivity contribution in [1.82, 2.24) is 15.2 Å². The number of anilines is 2. The summed E-state index contributed by atoms with van der Waals surface area (Å²) in [6, 6.07) is 6.03. The normalized spacial score (nSPS) is 12.2. The fourth-order valence-electron chi connectivity index (χ4n) is 3.53. The minimum Gasteiger partial charge on any atom is -0.494 e. The van der Waals surface area contributed by atoms with E-state index in [9.17, 15) is 18.4 Å². The third-order valence-corrected chi connectivity index (χ3v) is 6.23. The van der Waals surface area contributed by atoms with Crippen molar-refractivity contribution in [3.8, 4) is 29.2 Å². The summed E-state index contributed by atoms with van der Waals surface area (Å²) in [6.07, 6.45) is 6.92. The number of pyridine rings is 1. The maximum absolute atomic E-state index is 13.4. The van der Waals surface area contributed by atoms with E-state index in [1.165, 1.54) is 37.7 Å². The Bertz CT molecular complexity index is 1290. The van der Waals surface area contributed by atoms with Crippen molar-refractivity contribution in [2.24, 2.45) is 5.92 Å². The molecule has 0 unspecified atom stereocenters. The summed E-state index contributed by atoms with van der Waals surface area (Å²) in [7, 11) is 1.39. The molecule has 0 radical (unpaired) electrons. The van der Waals surface area contributed by atoms with Crippen LogP contribution in [0.25, 0.3) is 11.1 Å². The van der Waals surface area contributed by atoms with Gasteiger partial charge in [-0.2, -0.15) is 0 Å². The summed E-state index contributed by atoms with van der Waals surface area (Å²) in [6.45, 7) is 4.18. The van der Waals surface area contributed by atoms with Gasteiger partial charge in [0, 0.05) is 41.3 Å². The molecule has 1 aromatic carbocycles. The van der Waals surface area contributed by atoms with Crippen molar-refractivity contribution in [1.29, 1.82) is 0 Å². The zero-order chi connectivity index (χ0) is 27.7. The van der Waals surface area contributed by atoms with Crippen molar-refractivity contribution < 1.29 is 23.1 Å². The zero-order valence-corrected chi connectivity index (χ0v) is 22.2. The molecule has 0 saturated heterocycles. The highest BCUT2D eigenvalue weighted by atomic mass is 32.1. The number of halogens is 2. The lowest BCUT2D eigenvalue weighted by molar-refractivity contribution is -0.118. The molecule has 1 saturated carbocycles. The number of amides is 2. The largest absolute Gasteiger partial charge is 0.494 e. The van der Waals surface area contributed by atoms with Crippen LogP contribution in [-0.4, -0.2) is 40.7 Å². The Balaban J connectivity index is 0.000000715. The molecular formula is C27H29F2N5O3S. The van der Waals surface area contributed by atoms with E-state index in [2.05, 4.69) is 26.4 Å². The van der Waals surface area contributed by atoms with Gasteiger partial charge in [-0.15, -0.1) is 22.5 Å². The zero-order valence-electron chi connectivity index (χ0n) is 21.4. The summed E-state index contributed by atoms with van der Waals surface area (Å²) in [5.41, 5.74) is 2.33. The Morgan fingerprint density at radius 2 is 2.03 bits per heavy atom. The van der Waals surface area contributed by atoms with Crippen molar-refractivity contribution in [2.75, 3.05) is 23.9 Å². The number of nitrogens with one attached hydrogen (secondary N) is 1. The molecule has 2 amide bonds. The highest BCUT2D eigenvalue weighted by molar-refractivity contribution is 7.13. The maximum Gasteiger partial charge on any atom is 0.280 e. The first-order chi connectivity index (χ1) is 18.3. The van der Waals surface area contributed by atoms with E-state index in [-0.39, 0.29) is 22.8 Å². The van der Waals surface area contributed by atoms with E-state index < -0.39 is 18.0 Å². The highest BCUT2D eigenvalue weighted by Gasteiger charge is 2.23. The number of nitrogens with zero attached hydrogens (tertiary/aromatic N) is 4. The van der Waals surface area contributed by atoms with Gasteiger partial charge < -0.3 is 9.64 Å². The first-order valence-electron chi connectivity index (χ1n) is 12.1. The highest BCUT2D eigenvalue weighted by Crippen LogP contribution is 2.37. The monoisotopic (exact) mass is 541 g/mol. The van der Waals surface area contributed by atoms with Crippen molar-refractivity contribution >= 4 is 34.0 Å². The van der Waals surface area contributed by atoms with Gasteiger partial charge in [0.25, 0.3) is 12.3 Å². The van der Waals surface area contributed by atoms with Crippen LogP contribution in [-0.2, 0) is 4.79 Å². The van der Waals surface area contributed by atoms with Crippen LogP contribution in [0.3, 0.4) is 0 Å². The summed E-state index contributed by atoms with van der Waals surface area (Å²) in [5, 5.41) is 10.4. The van der Waals surface area contributed by atoms with E-state index in [0.29, 0.717) is 41.7 Å². The van der Waals surface area contributed by atoms with Gasteiger partial charge >= 0.3 is 0 Å². The molecule has 0 spiro atoms. The van der Waals surface area contributed by atoms with Crippen LogP contribution in [0, 0.1) is 18.3 Å². The third kappa shape index (κ3) is 7.32. The Morgan fingerprint density at radius 3 is 2.55 bits per heavy atom. The van der Waals surface area contributed by atoms with E-state index in [1.807, 2.05) is 6.92 Å². The van der Waals surface area contributed by atoms with E-state index >= 15 is 0 Å². The van der Waals surface area contributed by atoms with E-state index in [4.69, 9.17) is 11.2 Å². The number of hydrogen-bond donors (Lipinski definition) is 1. The maximum atomic E-state index is 13.4. The quantitative estimate of drug-likeness (QED) is 0.335. The molecule has 11 heteroatoms. The first kappa shape index (κ1) is 28.7. The molecule has 8 nitrogen and oxygen atoms in total. The lowest BCUT2D eigenvalue weighted by Crippen LogP contribution is -2.31. The molecule has 1 N–H and O–H groups in total. The number of alkyl halides is 2. The number of carbonyl (C=O) groups is 2. The summed E-state index contributed by atoms with van der Waals surface area (Å²) < 4.78 is 32.2. The predicted octanol–water partition coefficient (Wildman–Crippen LogP) is 5.98. The SMILES string of the molecule is C#CC1CC1.CCCN(C(=O)CC)c1ccc(C(=O)Nc2nncs2)c(-c2cc(C(F)F)ncc2OC)c1. The number of terminal acetylenes is 1. The van der Waals surface area contributed by atoms with Crippen LogP contribution in [0.5, 0.6) is 5.75 Å². The van der Waals surface area contributed by atoms with Gasteiger partial charge in [0.1, 0.15) is 17.0 Å². The Morgan fingerprint density at radius 1 is 1.26 bits per heavy atom. The summed E-state index contributed by atoms with van der Waals surface area (Å²) >= 11 is 1.14. The van der Waals surface area contributed by atoms with Gasteiger partial charge in [0.15, 0.2) is 0 Å². The lowest BCUT2D eigenvalue weighted by Gasteiger charge is -2.24. The predicted molar refractivity (Wildman–Crippen MR) is 144 cm³/mol. The van der Waals surface area contributed by atoms with Crippen molar-refractivity contribution in [3.05, 3.63) is 47.2 Å². The van der Waals surface area contributed by atoms with Gasteiger partial charge in [-0.3, -0.25) is 19.9 Å². The fraction of sp³-hybridized carbons (Fsp3) is 0.370. The third-order valence-electron chi connectivity index (χ3n) is 5.63. The van der Waals surface area contributed by atoms with Gasteiger partial charge in [-0.1, -0.05) is 25.2 Å². The lowest BCUT2D eigenvalue weighted by atomic mass is 9.97. The van der Waals surface area contributed by atoms with Crippen LogP contribution in [0.1, 0.15) is 62.0 Å². The van der Waals surface area contributed by atoms with Crippen molar-refractivity contribution in [3.63, 3.8) is 0 Å². The van der Waals surface area contributed by atoms with E-state index in [0.717, 1.165) is 11.3 Å². The number of aromatic nitrogens is 3. The molecule has 38 heavy (non-hydrogen) atoms. The van der Waals surface area contributed by atoms with Crippen molar-refractivity contribution in [2.45, 2.75) is 46.0 Å². The molecule has 2 aromatic heterocycles. The Hall–Kier alpha value is -3.91. The molecule has 1 aliphatic rings. The van der Waals surface area contributed by atoms with Gasteiger partial charge in [-0.05, 0) is 43.5 Å². The minimum absolute atomic E-state index is 0.0937. The minimum atomic E-state index is -2.81. The second-order valence-electron chi connectivity index (χ2n) is 8.38. The molecule has 3 aromatic rings. The van der Waals surface area contributed by atoms with Crippen LogP contribution in [0.15, 0.2) is 36.0 Å². The number of rotatable bonds is 9.